The number of hydrogen-bond donors (Lipinski definition) is 1. The Morgan fingerprint density at radius 2 is 1.53 bits per heavy atom. The van der Waals surface area contributed by atoms with Crippen molar-refractivity contribution in [3.05, 3.63) is 92.1 Å². The number of rotatable bonds is 8. The normalized spacial score (nSPS) is 12.3. The predicted molar refractivity (Wildman–Crippen MR) is 135 cm³/mol. The van der Waals surface area contributed by atoms with Gasteiger partial charge in [0.1, 0.15) is 11.9 Å². The van der Waals surface area contributed by atoms with Crippen LogP contribution in [0.15, 0.2) is 65.6 Å². The van der Waals surface area contributed by atoms with Crippen LogP contribution in [0.4, 0.5) is 10.1 Å². The molecule has 5 nitrogen and oxygen atoms in total. The summed E-state index contributed by atoms with van der Waals surface area (Å²) in [7, 11) is -4.36. The minimum atomic E-state index is -4.36. The van der Waals surface area contributed by atoms with Crippen molar-refractivity contribution in [3.63, 3.8) is 0 Å². The molecule has 3 rings (SSSR count). The van der Waals surface area contributed by atoms with E-state index in [-0.39, 0.29) is 22.2 Å². The van der Waals surface area contributed by atoms with Gasteiger partial charge in [-0.15, -0.1) is 0 Å². The van der Waals surface area contributed by atoms with Gasteiger partial charge in [0.2, 0.25) is 5.91 Å². The van der Waals surface area contributed by atoms with Crippen molar-refractivity contribution >= 4 is 68.0 Å². The zero-order chi connectivity index (χ0) is 25.0. The molecule has 0 bridgehead atoms. The number of amides is 1. The number of nitrogens with zero attached hydrogens (tertiary/aromatic N) is 1. The molecule has 1 amide bonds. The molecular formula is C23H19Cl4FN2O3S. The van der Waals surface area contributed by atoms with E-state index in [1.807, 2.05) is 0 Å². The maximum atomic E-state index is 14.8. The molecule has 0 spiro atoms. The second-order valence-electron chi connectivity index (χ2n) is 7.30. The van der Waals surface area contributed by atoms with Crippen LogP contribution in [0.3, 0.4) is 0 Å². The molecule has 0 heterocycles. The van der Waals surface area contributed by atoms with Crippen LogP contribution in [0.2, 0.25) is 20.1 Å². The van der Waals surface area contributed by atoms with Crippen molar-refractivity contribution in [2.24, 2.45) is 0 Å². The Kier molecular flexibility index (Phi) is 8.71. The van der Waals surface area contributed by atoms with Crippen molar-refractivity contribution in [2.75, 3.05) is 10.8 Å². The third-order valence-corrected chi connectivity index (χ3v) is 7.93. The van der Waals surface area contributed by atoms with Gasteiger partial charge in [0, 0.05) is 26.6 Å². The number of benzene rings is 3. The van der Waals surface area contributed by atoms with Crippen molar-refractivity contribution in [3.8, 4) is 0 Å². The van der Waals surface area contributed by atoms with Crippen LogP contribution in [0, 0.1) is 5.82 Å². The summed E-state index contributed by atoms with van der Waals surface area (Å²) in [5.74, 6) is -1.49. The summed E-state index contributed by atoms with van der Waals surface area (Å²) in [6.07, 6.45) is 0.379. The molecule has 0 saturated heterocycles. The highest BCUT2D eigenvalue weighted by Gasteiger charge is 2.35. The van der Waals surface area contributed by atoms with E-state index in [0.717, 1.165) is 17.7 Å². The van der Waals surface area contributed by atoms with E-state index in [4.69, 9.17) is 46.4 Å². The van der Waals surface area contributed by atoms with Crippen LogP contribution in [0.25, 0.3) is 0 Å². The largest absolute Gasteiger partial charge is 0.354 e. The van der Waals surface area contributed by atoms with E-state index >= 15 is 0 Å². The van der Waals surface area contributed by atoms with Crippen molar-refractivity contribution < 1.29 is 17.6 Å². The van der Waals surface area contributed by atoms with E-state index < -0.39 is 27.8 Å². The van der Waals surface area contributed by atoms with Crippen molar-refractivity contribution in [1.82, 2.24) is 5.32 Å². The molecule has 3 aromatic carbocycles. The van der Waals surface area contributed by atoms with Crippen molar-refractivity contribution in [1.29, 1.82) is 0 Å². The summed E-state index contributed by atoms with van der Waals surface area (Å²) in [5.41, 5.74) is 0.399. The van der Waals surface area contributed by atoms with E-state index in [9.17, 15) is 17.6 Å². The van der Waals surface area contributed by atoms with Crippen LogP contribution >= 0.6 is 46.4 Å². The summed E-state index contributed by atoms with van der Waals surface area (Å²) in [6.45, 7) is 1.52. The Morgan fingerprint density at radius 3 is 2.18 bits per heavy atom. The second kappa shape index (κ2) is 11.1. The lowest BCUT2D eigenvalue weighted by Crippen LogP contribution is -2.49. The number of hydrogen-bond acceptors (Lipinski definition) is 3. The number of carbonyl (C=O) groups excluding carboxylic acids is 1. The van der Waals surface area contributed by atoms with Gasteiger partial charge >= 0.3 is 0 Å². The molecule has 1 atom stereocenters. The first-order valence-corrected chi connectivity index (χ1v) is 12.9. The fourth-order valence-corrected chi connectivity index (χ4v) is 5.63. The molecule has 0 aliphatic carbocycles. The van der Waals surface area contributed by atoms with Crippen LogP contribution in [0.5, 0.6) is 0 Å². The number of anilines is 1. The van der Waals surface area contributed by atoms with E-state index in [1.54, 1.807) is 18.2 Å². The molecule has 3 aromatic rings. The first-order valence-electron chi connectivity index (χ1n) is 9.97. The van der Waals surface area contributed by atoms with Crippen LogP contribution < -0.4 is 9.62 Å². The molecule has 0 unspecified atom stereocenters. The fraction of sp³-hybridized carbons (Fsp3) is 0.174. The molecule has 0 aliphatic heterocycles. The third kappa shape index (κ3) is 6.15. The van der Waals surface area contributed by atoms with Crippen molar-refractivity contribution in [2.45, 2.75) is 24.3 Å². The van der Waals surface area contributed by atoms with Gasteiger partial charge in [-0.3, -0.25) is 9.10 Å². The average Bonchev–Trinajstić information content (AvgIpc) is 2.77. The highest BCUT2D eigenvalue weighted by molar-refractivity contribution is 7.93. The summed E-state index contributed by atoms with van der Waals surface area (Å²) in [6, 6.07) is 12.5. The summed E-state index contributed by atoms with van der Waals surface area (Å²) in [4.78, 5) is 12.8. The van der Waals surface area contributed by atoms with Gasteiger partial charge in [-0.05, 0) is 73.5 Å². The lowest BCUT2D eigenvalue weighted by molar-refractivity contribution is -0.121. The zero-order valence-corrected chi connectivity index (χ0v) is 21.6. The highest BCUT2D eigenvalue weighted by atomic mass is 35.5. The van der Waals surface area contributed by atoms with Crippen LogP contribution in [-0.4, -0.2) is 26.9 Å². The predicted octanol–water partition coefficient (Wildman–Crippen LogP) is 6.38. The van der Waals surface area contributed by atoms with Crippen LogP contribution in [-0.2, 0) is 21.2 Å². The number of nitrogens with one attached hydrogen (secondary N) is 1. The van der Waals surface area contributed by atoms with Gasteiger partial charge in [0.25, 0.3) is 10.0 Å². The molecule has 0 fully saturated rings. The minimum absolute atomic E-state index is 0.109. The monoisotopic (exact) mass is 562 g/mol. The molecule has 180 valence electrons. The second-order valence-corrected chi connectivity index (χ2v) is 10.8. The first-order chi connectivity index (χ1) is 16.0. The van der Waals surface area contributed by atoms with E-state index in [2.05, 4.69) is 5.32 Å². The molecule has 0 aromatic heterocycles. The van der Waals surface area contributed by atoms with Gasteiger partial charge in [0.15, 0.2) is 0 Å². The molecule has 34 heavy (non-hydrogen) atoms. The van der Waals surface area contributed by atoms with Gasteiger partial charge in [-0.2, -0.15) is 0 Å². The topological polar surface area (TPSA) is 66.5 Å². The summed E-state index contributed by atoms with van der Waals surface area (Å²) >= 11 is 23.9. The molecule has 11 heteroatoms. The SMILES string of the molecule is C[C@H](C(=O)NCCc1ccc(Cl)cc1Cl)N(c1cc(Cl)ccc1F)S(=O)(=O)c1ccc(Cl)cc1. The maximum Gasteiger partial charge on any atom is 0.265 e. The van der Waals surface area contributed by atoms with Gasteiger partial charge in [-0.25, -0.2) is 12.8 Å². The number of sulfonamides is 1. The molecular weight excluding hydrogens is 545 g/mol. The molecule has 0 saturated carbocycles. The summed E-state index contributed by atoms with van der Waals surface area (Å²) < 4.78 is 42.4. The fourth-order valence-electron chi connectivity index (χ4n) is 3.22. The Bertz CT molecular complexity index is 1300. The van der Waals surface area contributed by atoms with Crippen LogP contribution in [0.1, 0.15) is 12.5 Å². The van der Waals surface area contributed by atoms with Gasteiger partial charge in [0.05, 0.1) is 10.6 Å². The first kappa shape index (κ1) is 26.6. The zero-order valence-electron chi connectivity index (χ0n) is 17.7. The standard InChI is InChI=1S/C23H19Cl4FN2O3S/c1-14(23(31)29-11-10-15-2-3-17(25)12-20(15)27)30(22-13-18(26)6-9-21(22)28)34(32,33)19-7-4-16(24)5-8-19/h2-9,12-14H,10-11H2,1H3,(H,29,31)/t14-/m1/s1. The van der Waals surface area contributed by atoms with Gasteiger partial charge in [-0.1, -0.05) is 52.5 Å². The third-order valence-electron chi connectivity index (χ3n) is 4.96. The smallest absolute Gasteiger partial charge is 0.265 e. The lowest BCUT2D eigenvalue weighted by atomic mass is 10.1. The average molecular weight is 564 g/mol. The molecule has 1 N–H and O–H groups in total. The Balaban J connectivity index is 1.90. The highest BCUT2D eigenvalue weighted by Crippen LogP contribution is 2.31. The minimum Gasteiger partial charge on any atom is -0.354 e. The molecule has 0 aliphatic rings. The quantitative estimate of drug-likeness (QED) is 0.346. The Hall–Kier alpha value is -2.03. The Labute approximate surface area is 217 Å². The van der Waals surface area contributed by atoms with E-state index in [1.165, 1.54) is 37.3 Å². The van der Waals surface area contributed by atoms with E-state index in [0.29, 0.717) is 25.8 Å². The van der Waals surface area contributed by atoms with Gasteiger partial charge < -0.3 is 5.32 Å². The lowest BCUT2D eigenvalue weighted by Gasteiger charge is -2.30. The Morgan fingerprint density at radius 1 is 0.941 bits per heavy atom. The maximum absolute atomic E-state index is 14.8. The number of carbonyl (C=O) groups is 1. The molecule has 0 radical (unpaired) electrons. The summed E-state index contributed by atoms with van der Waals surface area (Å²) in [5, 5.41) is 4.04. The number of halogens is 5.